The minimum Gasteiger partial charge on any atom is -0.369 e. The first kappa shape index (κ1) is 9.32. The molecule has 0 spiro atoms. The maximum atomic E-state index is 5.37. The molecule has 5 N–H and O–H groups in total. The minimum atomic E-state index is 0.341. The van der Waals surface area contributed by atoms with Crippen LogP contribution in [0.3, 0.4) is 0 Å². The minimum absolute atomic E-state index is 0.341. The van der Waals surface area contributed by atoms with Crippen LogP contribution in [0.25, 0.3) is 0 Å². The van der Waals surface area contributed by atoms with E-state index < -0.39 is 0 Å². The monoisotopic (exact) mass is 170 g/mol. The van der Waals surface area contributed by atoms with Crippen molar-refractivity contribution in [3.63, 3.8) is 0 Å². The van der Waals surface area contributed by atoms with E-state index in [0.29, 0.717) is 5.96 Å². The van der Waals surface area contributed by atoms with Gasteiger partial charge in [0.2, 0.25) is 5.96 Å². The van der Waals surface area contributed by atoms with Crippen molar-refractivity contribution in [3.8, 4) is 0 Å². The Bertz CT molecular complexity index is 149. The summed E-state index contributed by atoms with van der Waals surface area (Å²) in [5, 5.41) is 0. The average molecular weight is 170 g/mol. The molecule has 12 heavy (non-hydrogen) atoms. The summed E-state index contributed by atoms with van der Waals surface area (Å²) in [5.74, 6) is 6.28. The molecule has 0 unspecified atom stereocenters. The third kappa shape index (κ3) is 3.09. The number of hydrazine groups is 1. The van der Waals surface area contributed by atoms with E-state index in [0.717, 1.165) is 18.9 Å². The molecule has 1 aliphatic rings. The number of guanidine groups is 1. The molecule has 0 heterocycles. The van der Waals surface area contributed by atoms with E-state index in [1.54, 1.807) is 0 Å². The van der Waals surface area contributed by atoms with Crippen LogP contribution in [0.1, 0.15) is 32.1 Å². The Hall–Kier alpha value is -0.770. The number of hydrogen-bond acceptors (Lipinski definition) is 2. The Labute approximate surface area is 73.4 Å². The molecule has 0 aromatic rings. The predicted octanol–water partition coefficient (Wildman–Crippen LogP) is 0.345. The summed E-state index contributed by atoms with van der Waals surface area (Å²) in [6.45, 7) is 0.806. The summed E-state index contributed by atoms with van der Waals surface area (Å²) in [6, 6.07) is 0. The predicted molar refractivity (Wildman–Crippen MR) is 50.4 cm³/mol. The van der Waals surface area contributed by atoms with E-state index in [9.17, 15) is 0 Å². The van der Waals surface area contributed by atoms with Crippen LogP contribution < -0.4 is 17.0 Å². The molecule has 1 saturated carbocycles. The largest absolute Gasteiger partial charge is 0.369 e. The van der Waals surface area contributed by atoms with Gasteiger partial charge in [-0.25, -0.2) is 5.84 Å². The Morgan fingerprint density at radius 1 is 1.42 bits per heavy atom. The van der Waals surface area contributed by atoms with Gasteiger partial charge in [0.1, 0.15) is 0 Å². The highest BCUT2D eigenvalue weighted by Gasteiger charge is 2.13. The number of aliphatic imine (C=N–C) groups is 1. The van der Waals surface area contributed by atoms with E-state index >= 15 is 0 Å². The lowest BCUT2D eigenvalue weighted by Crippen LogP contribution is -2.37. The fourth-order valence-electron chi connectivity index (χ4n) is 1.71. The van der Waals surface area contributed by atoms with Crippen LogP contribution in [0, 0.1) is 5.92 Å². The normalized spacial score (nSPS) is 19.9. The van der Waals surface area contributed by atoms with Gasteiger partial charge in [-0.3, -0.25) is 10.4 Å². The first-order chi connectivity index (χ1) is 5.83. The van der Waals surface area contributed by atoms with Gasteiger partial charge in [-0.2, -0.15) is 0 Å². The molecule has 0 radical (unpaired) electrons. The topological polar surface area (TPSA) is 76.4 Å². The molecule has 0 aromatic carbocycles. The summed E-state index contributed by atoms with van der Waals surface area (Å²) < 4.78 is 0. The molecule has 4 heteroatoms. The van der Waals surface area contributed by atoms with Gasteiger partial charge in [0.25, 0.3) is 0 Å². The quantitative estimate of drug-likeness (QED) is 0.247. The molecule has 1 fully saturated rings. The number of rotatable bonds is 3. The lowest BCUT2D eigenvalue weighted by atomic mass is 10.1. The van der Waals surface area contributed by atoms with Gasteiger partial charge in [0.05, 0.1) is 0 Å². The number of nitrogens with zero attached hydrogens (tertiary/aromatic N) is 1. The molecule has 70 valence electrons. The lowest BCUT2D eigenvalue weighted by Gasteiger charge is -2.05. The van der Waals surface area contributed by atoms with Gasteiger partial charge in [0, 0.05) is 6.54 Å². The highest BCUT2D eigenvalue weighted by Crippen LogP contribution is 2.27. The number of nitrogens with one attached hydrogen (secondary N) is 1. The second-order valence-electron chi connectivity index (χ2n) is 3.35. The molecule has 0 atom stereocenters. The molecule has 0 amide bonds. The van der Waals surface area contributed by atoms with Gasteiger partial charge in [0.15, 0.2) is 0 Å². The molecular weight excluding hydrogens is 152 g/mol. The van der Waals surface area contributed by atoms with Crippen molar-refractivity contribution in [2.24, 2.45) is 22.5 Å². The summed E-state index contributed by atoms with van der Waals surface area (Å²) in [7, 11) is 0. The molecule has 0 aliphatic heterocycles. The van der Waals surface area contributed by atoms with Gasteiger partial charge >= 0.3 is 0 Å². The van der Waals surface area contributed by atoms with Crippen LogP contribution in [-0.4, -0.2) is 12.5 Å². The number of nitrogens with two attached hydrogens (primary N) is 2. The summed E-state index contributed by atoms with van der Waals surface area (Å²) >= 11 is 0. The smallest absolute Gasteiger partial charge is 0.203 e. The van der Waals surface area contributed by atoms with E-state index in [2.05, 4.69) is 10.4 Å². The Morgan fingerprint density at radius 2 is 2.08 bits per heavy atom. The van der Waals surface area contributed by atoms with Crippen LogP contribution >= 0.6 is 0 Å². The third-order valence-electron chi connectivity index (χ3n) is 2.44. The zero-order valence-electron chi connectivity index (χ0n) is 7.42. The zero-order valence-corrected chi connectivity index (χ0v) is 7.42. The van der Waals surface area contributed by atoms with Crippen LogP contribution in [0.4, 0.5) is 0 Å². The lowest BCUT2D eigenvalue weighted by molar-refractivity contribution is 0.511. The first-order valence-corrected chi connectivity index (χ1v) is 4.59. The highest BCUT2D eigenvalue weighted by atomic mass is 15.3. The second-order valence-corrected chi connectivity index (χ2v) is 3.35. The third-order valence-corrected chi connectivity index (χ3v) is 2.44. The summed E-state index contributed by atoms with van der Waals surface area (Å²) in [5.41, 5.74) is 7.69. The van der Waals surface area contributed by atoms with Crippen molar-refractivity contribution in [2.75, 3.05) is 6.54 Å². The molecule has 0 bridgehead atoms. The van der Waals surface area contributed by atoms with Crippen molar-refractivity contribution < 1.29 is 0 Å². The van der Waals surface area contributed by atoms with E-state index in [4.69, 9.17) is 11.6 Å². The van der Waals surface area contributed by atoms with Gasteiger partial charge < -0.3 is 5.73 Å². The van der Waals surface area contributed by atoms with E-state index in [1.165, 1.54) is 25.7 Å². The summed E-state index contributed by atoms with van der Waals surface area (Å²) in [4.78, 5) is 4.06. The van der Waals surface area contributed by atoms with Crippen molar-refractivity contribution >= 4 is 5.96 Å². The van der Waals surface area contributed by atoms with Crippen molar-refractivity contribution in [1.29, 1.82) is 0 Å². The Kier molecular flexibility index (Phi) is 3.87. The van der Waals surface area contributed by atoms with E-state index in [1.807, 2.05) is 0 Å². The van der Waals surface area contributed by atoms with Crippen LogP contribution in [0.2, 0.25) is 0 Å². The molecule has 0 saturated heterocycles. The maximum absolute atomic E-state index is 5.37. The second kappa shape index (κ2) is 4.98. The molecule has 1 aliphatic carbocycles. The van der Waals surface area contributed by atoms with E-state index in [-0.39, 0.29) is 0 Å². The highest BCUT2D eigenvalue weighted by molar-refractivity contribution is 5.76. The summed E-state index contributed by atoms with van der Waals surface area (Å²) in [6.07, 6.45) is 6.66. The Balaban J connectivity index is 2.08. The van der Waals surface area contributed by atoms with Gasteiger partial charge in [-0.1, -0.05) is 25.7 Å². The van der Waals surface area contributed by atoms with Crippen molar-refractivity contribution in [3.05, 3.63) is 0 Å². The fourth-order valence-corrected chi connectivity index (χ4v) is 1.71. The Morgan fingerprint density at radius 3 is 2.67 bits per heavy atom. The van der Waals surface area contributed by atoms with Crippen LogP contribution in [0.5, 0.6) is 0 Å². The van der Waals surface area contributed by atoms with Gasteiger partial charge in [-0.05, 0) is 12.3 Å². The molecular formula is C8H18N4. The van der Waals surface area contributed by atoms with Crippen molar-refractivity contribution in [2.45, 2.75) is 32.1 Å². The molecule has 0 aromatic heterocycles. The SMILES string of the molecule is NNC(N)=NCCC1CCCC1. The maximum Gasteiger partial charge on any atom is 0.203 e. The fraction of sp³-hybridized carbons (Fsp3) is 0.875. The van der Waals surface area contributed by atoms with Crippen LogP contribution in [-0.2, 0) is 0 Å². The molecule has 4 nitrogen and oxygen atoms in total. The van der Waals surface area contributed by atoms with Crippen molar-refractivity contribution in [1.82, 2.24) is 5.43 Å². The number of hydrogen-bond donors (Lipinski definition) is 3. The zero-order chi connectivity index (χ0) is 8.81. The average Bonchev–Trinajstić information content (AvgIpc) is 2.57. The first-order valence-electron chi connectivity index (χ1n) is 4.59. The van der Waals surface area contributed by atoms with Gasteiger partial charge in [-0.15, -0.1) is 0 Å². The molecule has 1 rings (SSSR count). The van der Waals surface area contributed by atoms with Crippen LogP contribution in [0.15, 0.2) is 4.99 Å². The standard InChI is InChI=1S/C8H18N4/c9-8(12-10)11-6-5-7-3-1-2-4-7/h7H,1-6,10H2,(H3,9,11,12).